The minimum Gasteiger partial charge on any atom is -0.158 e. The van der Waals surface area contributed by atoms with Crippen molar-refractivity contribution in [2.45, 2.75) is 32.1 Å². The lowest BCUT2D eigenvalue weighted by atomic mass is 9.94. The average Bonchev–Trinajstić information content (AvgIpc) is 2.18. The molecule has 78 valence electrons. The first-order valence-corrected chi connectivity index (χ1v) is 5.73. The Morgan fingerprint density at radius 2 is 2.21 bits per heavy atom. The SMILES string of the molecule is CCCC(CCCl)c1ccnnc1Cl. The summed E-state index contributed by atoms with van der Waals surface area (Å²) in [6, 6.07) is 1.93. The summed E-state index contributed by atoms with van der Waals surface area (Å²) in [5.74, 6) is 1.07. The molecule has 0 radical (unpaired) electrons. The molecule has 1 rings (SSSR count). The highest BCUT2D eigenvalue weighted by Crippen LogP contribution is 2.29. The van der Waals surface area contributed by atoms with Gasteiger partial charge in [0.05, 0.1) is 0 Å². The first-order chi connectivity index (χ1) is 6.79. The van der Waals surface area contributed by atoms with E-state index in [0.717, 1.165) is 24.8 Å². The Labute approximate surface area is 94.6 Å². The first kappa shape index (κ1) is 11.7. The molecule has 1 aromatic rings. The summed E-state index contributed by atoms with van der Waals surface area (Å²) in [4.78, 5) is 0. The summed E-state index contributed by atoms with van der Waals surface area (Å²) < 4.78 is 0. The summed E-state index contributed by atoms with van der Waals surface area (Å²) >= 11 is 11.7. The van der Waals surface area contributed by atoms with E-state index in [0.29, 0.717) is 17.0 Å². The molecule has 0 aliphatic rings. The van der Waals surface area contributed by atoms with Crippen LogP contribution in [-0.4, -0.2) is 16.1 Å². The Morgan fingerprint density at radius 3 is 2.79 bits per heavy atom. The smallest absolute Gasteiger partial charge is 0.155 e. The Balaban J connectivity index is 2.81. The molecule has 0 aliphatic heterocycles. The number of hydrogen-bond donors (Lipinski definition) is 0. The predicted molar refractivity (Wildman–Crippen MR) is 60.0 cm³/mol. The molecule has 4 heteroatoms. The molecule has 0 spiro atoms. The number of alkyl halides is 1. The van der Waals surface area contributed by atoms with E-state index in [1.54, 1.807) is 6.20 Å². The summed E-state index contributed by atoms with van der Waals surface area (Å²) in [6.45, 7) is 2.16. The number of hydrogen-bond acceptors (Lipinski definition) is 2. The van der Waals surface area contributed by atoms with E-state index in [1.165, 1.54) is 0 Å². The molecule has 0 fully saturated rings. The van der Waals surface area contributed by atoms with Crippen LogP contribution in [0.2, 0.25) is 5.15 Å². The van der Waals surface area contributed by atoms with Crippen molar-refractivity contribution < 1.29 is 0 Å². The van der Waals surface area contributed by atoms with Gasteiger partial charge in [-0.15, -0.1) is 16.7 Å². The lowest BCUT2D eigenvalue weighted by molar-refractivity contribution is 0.595. The van der Waals surface area contributed by atoms with Crippen LogP contribution in [0.1, 0.15) is 37.7 Å². The van der Waals surface area contributed by atoms with E-state index in [-0.39, 0.29) is 0 Å². The highest BCUT2D eigenvalue weighted by Gasteiger charge is 2.13. The normalized spacial score (nSPS) is 12.8. The standard InChI is InChI=1S/C10H14Cl2N2/c1-2-3-8(4-6-11)9-5-7-13-14-10(9)12/h5,7-8H,2-4,6H2,1H3. The van der Waals surface area contributed by atoms with Crippen molar-refractivity contribution in [3.05, 3.63) is 23.0 Å². The van der Waals surface area contributed by atoms with Crippen LogP contribution in [0.4, 0.5) is 0 Å². The van der Waals surface area contributed by atoms with Gasteiger partial charge in [0.15, 0.2) is 5.15 Å². The maximum atomic E-state index is 5.97. The molecule has 0 bridgehead atoms. The van der Waals surface area contributed by atoms with Gasteiger partial charge in [-0.05, 0) is 30.4 Å². The monoisotopic (exact) mass is 232 g/mol. The Kier molecular flexibility index (Phi) is 5.20. The van der Waals surface area contributed by atoms with Gasteiger partial charge in [0.2, 0.25) is 0 Å². The van der Waals surface area contributed by atoms with Crippen LogP contribution in [0, 0.1) is 0 Å². The topological polar surface area (TPSA) is 25.8 Å². The molecule has 0 aliphatic carbocycles. The zero-order valence-corrected chi connectivity index (χ0v) is 9.72. The molecule has 0 N–H and O–H groups in total. The molecule has 1 heterocycles. The molecule has 1 atom stereocenters. The third kappa shape index (κ3) is 3.10. The highest BCUT2D eigenvalue weighted by molar-refractivity contribution is 6.30. The second kappa shape index (κ2) is 6.20. The van der Waals surface area contributed by atoms with Crippen molar-refractivity contribution in [1.82, 2.24) is 10.2 Å². The van der Waals surface area contributed by atoms with Crippen LogP contribution in [0.5, 0.6) is 0 Å². The van der Waals surface area contributed by atoms with Gasteiger partial charge in [-0.1, -0.05) is 24.9 Å². The van der Waals surface area contributed by atoms with Gasteiger partial charge in [0, 0.05) is 12.1 Å². The third-order valence-electron chi connectivity index (χ3n) is 2.24. The average molecular weight is 233 g/mol. The van der Waals surface area contributed by atoms with E-state index in [2.05, 4.69) is 17.1 Å². The van der Waals surface area contributed by atoms with Gasteiger partial charge < -0.3 is 0 Å². The molecule has 2 nitrogen and oxygen atoms in total. The molecule has 0 saturated heterocycles. The molecule has 1 aromatic heterocycles. The van der Waals surface area contributed by atoms with Crippen molar-refractivity contribution >= 4 is 23.2 Å². The lowest BCUT2D eigenvalue weighted by Gasteiger charge is -2.15. The zero-order valence-electron chi connectivity index (χ0n) is 8.21. The van der Waals surface area contributed by atoms with E-state index < -0.39 is 0 Å². The lowest BCUT2D eigenvalue weighted by Crippen LogP contribution is -2.02. The fourth-order valence-corrected chi connectivity index (χ4v) is 2.09. The number of rotatable bonds is 5. The fourth-order valence-electron chi connectivity index (χ4n) is 1.56. The van der Waals surface area contributed by atoms with Crippen LogP contribution in [0.15, 0.2) is 12.3 Å². The molecule has 0 saturated carbocycles. The zero-order chi connectivity index (χ0) is 10.4. The van der Waals surface area contributed by atoms with Crippen molar-refractivity contribution in [2.24, 2.45) is 0 Å². The Bertz CT molecular complexity index is 273. The van der Waals surface area contributed by atoms with Crippen molar-refractivity contribution in [2.75, 3.05) is 5.88 Å². The van der Waals surface area contributed by atoms with E-state index >= 15 is 0 Å². The van der Waals surface area contributed by atoms with Crippen molar-refractivity contribution in [3.63, 3.8) is 0 Å². The second-order valence-electron chi connectivity index (χ2n) is 3.24. The van der Waals surface area contributed by atoms with Gasteiger partial charge in [-0.3, -0.25) is 0 Å². The highest BCUT2D eigenvalue weighted by atomic mass is 35.5. The number of halogens is 2. The van der Waals surface area contributed by atoms with Crippen LogP contribution in [0.25, 0.3) is 0 Å². The number of aromatic nitrogens is 2. The molecule has 0 amide bonds. The van der Waals surface area contributed by atoms with Gasteiger partial charge in [0.25, 0.3) is 0 Å². The van der Waals surface area contributed by atoms with Gasteiger partial charge in [-0.2, -0.15) is 5.10 Å². The Hall–Kier alpha value is -0.340. The van der Waals surface area contributed by atoms with Gasteiger partial charge >= 0.3 is 0 Å². The van der Waals surface area contributed by atoms with Crippen LogP contribution >= 0.6 is 23.2 Å². The number of nitrogens with zero attached hydrogens (tertiary/aromatic N) is 2. The third-order valence-corrected chi connectivity index (χ3v) is 2.75. The van der Waals surface area contributed by atoms with Crippen LogP contribution in [0.3, 0.4) is 0 Å². The molecule has 1 unspecified atom stereocenters. The minimum absolute atomic E-state index is 0.417. The fraction of sp³-hybridized carbons (Fsp3) is 0.600. The predicted octanol–water partition coefficient (Wildman–Crippen LogP) is 3.64. The van der Waals surface area contributed by atoms with E-state index in [1.807, 2.05) is 6.07 Å². The second-order valence-corrected chi connectivity index (χ2v) is 3.98. The van der Waals surface area contributed by atoms with Crippen LogP contribution in [-0.2, 0) is 0 Å². The van der Waals surface area contributed by atoms with Crippen molar-refractivity contribution in [3.8, 4) is 0 Å². The van der Waals surface area contributed by atoms with E-state index in [9.17, 15) is 0 Å². The maximum absolute atomic E-state index is 5.97. The summed E-state index contributed by atoms with van der Waals surface area (Å²) in [5, 5.41) is 8.08. The van der Waals surface area contributed by atoms with Gasteiger partial charge in [-0.25, -0.2) is 0 Å². The summed E-state index contributed by atoms with van der Waals surface area (Å²) in [7, 11) is 0. The first-order valence-electron chi connectivity index (χ1n) is 4.82. The molecular weight excluding hydrogens is 219 g/mol. The minimum atomic E-state index is 0.417. The quantitative estimate of drug-likeness (QED) is 0.725. The molecule has 0 aromatic carbocycles. The summed E-state index contributed by atoms with van der Waals surface area (Å²) in [5.41, 5.74) is 1.07. The molecular formula is C10H14Cl2N2. The van der Waals surface area contributed by atoms with Crippen LogP contribution < -0.4 is 0 Å². The van der Waals surface area contributed by atoms with Gasteiger partial charge in [0.1, 0.15) is 0 Å². The molecule has 14 heavy (non-hydrogen) atoms. The Morgan fingerprint density at radius 1 is 1.43 bits per heavy atom. The maximum Gasteiger partial charge on any atom is 0.155 e. The largest absolute Gasteiger partial charge is 0.158 e. The van der Waals surface area contributed by atoms with Crippen molar-refractivity contribution in [1.29, 1.82) is 0 Å². The van der Waals surface area contributed by atoms with E-state index in [4.69, 9.17) is 23.2 Å². The summed E-state index contributed by atoms with van der Waals surface area (Å²) in [6.07, 6.45) is 4.84.